The van der Waals surface area contributed by atoms with Gasteiger partial charge in [-0.2, -0.15) is 5.26 Å². The molecular formula is C24H22ClN5O5. The topological polar surface area (TPSA) is 146 Å². The van der Waals surface area contributed by atoms with Crippen LogP contribution in [-0.2, 0) is 14.3 Å². The van der Waals surface area contributed by atoms with Gasteiger partial charge in [0.2, 0.25) is 0 Å². The summed E-state index contributed by atoms with van der Waals surface area (Å²) in [4.78, 5) is 43.2. The number of hydrogen-bond acceptors (Lipinski definition) is 8. The number of aromatic nitrogens is 2. The van der Waals surface area contributed by atoms with E-state index in [1.807, 2.05) is 6.07 Å². The third kappa shape index (κ3) is 7.06. The summed E-state index contributed by atoms with van der Waals surface area (Å²) < 4.78 is 9.84. The fourth-order valence-electron chi connectivity index (χ4n) is 3.15. The Morgan fingerprint density at radius 3 is 2.74 bits per heavy atom. The number of amides is 1. The van der Waals surface area contributed by atoms with E-state index in [1.54, 1.807) is 48.5 Å². The molecule has 3 N–H and O–H groups in total. The molecule has 0 saturated heterocycles. The number of carbonyl (C=O) groups excluding carboxylic acids is 2. The maximum atomic E-state index is 12.5. The highest BCUT2D eigenvalue weighted by molar-refractivity contribution is 6.30. The lowest BCUT2D eigenvalue weighted by Crippen LogP contribution is -2.25. The molecule has 11 heteroatoms. The highest BCUT2D eigenvalue weighted by Crippen LogP contribution is 2.19. The molecule has 1 aromatic heterocycles. The average Bonchev–Trinajstić information content (AvgIpc) is 2.85. The van der Waals surface area contributed by atoms with Gasteiger partial charge in [-0.05, 0) is 43.2 Å². The lowest BCUT2D eigenvalue weighted by molar-refractivity contribution is -0.139. The minimum absolute atomic E-state index is 0.0240. The standard InChI is InChI=1S/C24H22ClN5O5/c1-34-21(31)14-27-19(10-5-11-35-24(33)28-16-7-4-6-15(25)12-16)18(13-26)22-29-20-9-3-2-8-17(20)23(32)30-22/h2-4,6-9,12,27H,5,10-11,14H2,1H3,(H,28,33)(H,29,30,32)/b19-18-. The van der Waals surface area contributed by atoms with E-state index in [0.29, 0.717) is 33.7 Å². The molecule has 0 bridgehead atoms. The fraction of sp³-hybridized carbons (Fsp3) is 0.208. The van der Waals surface area contributed by atoms with Gasteiger partial charge in [0, 0.05) is 16.4 Å². The maximum Gasteiger partial charge on any atom is 0.411 e. The SMILES string of the molecule is COC(=O)CN/C(CCCOC(=O)Nc1cccc(Cl)c1)=C(/C#N)c1nc2ccccc2c(=O)[nH]1. The van der Waals surface area contributed by atoms with Crippen molar-refractivity contribution in [1.29, 1.82) is 5.26 Å². The smallest absolute Gasteiger partial charge is 0.411 e. The molecular weight excluding hydrogens is 474 g/mol. The molecule has 0 radical (unpaired) electrons. The number of aromatic amines is 1. The molecule has 0 atom stereocenters. The van der Waals surface area contributed by atoms with Crippen molar-refractivity contribution in [2.75, 3.05) is 25.6 Å². The van der Waals surface area contributed by atoms with Crippen molar-refractivity contribution in [2.24, 2.45) is 0 Å². The third-order valence-corrected chi connectivity index (χ3v) is 5.05. The number of nitriles is 1. The van der Waals surface area contributed by atoms with Crippen molar-refractivity contribution >= 4 is 45.8 Å². The molecule has 3 rings (SSSR count). The molecule has 1 heterocycles. The Kier molecular flexibility index (Phi) is 8.81. The molecule has 0 aliphatic rings. The van der Waals surface area contributed by atoms with Crippen molar-refractivity contribution in [3.8, 4) is 6.07 Å². The number of esters is 1. The number of rotatable bonds is 9. The number of halogens is 1. The molecule has 0 saturated carbocycles. The number of carbonyl (C=O) groups is 2. The summed E-state index contributed by atoms with van der Waals surface area (Å²) in [5, 5.41) is 16.1. The van der Waals surface area contributed by atoms with E-state index in [1.165, 1.54) is 7.11 Å². The number of ether oxygens (including phenoxy) is 2. The zero-order valence-corrected chi connectivity index (χ0v) is 19.5. The van der Waals surface area contributed by atoms with Gasteiger partial charge in [-0.3, -0.25) is 14.9 Å². The van der Waals surface area contributed by atoms with Crippen LogP contribution in [0.5, 0.6) is 0 Å². The first-order chi connectivity index (χ1) is 16.9. The highest BCUT2D eigenvalue weighted by Gasteiger charge is 2.15. The van der Waals surface area contributed by atoms with Crippen molar-refractivity contribution in [3.63, 3.8) is 0 Å². The number of para-hydroxylation sites is 1. The van der Waals surface area contributed by atoms with Crippen LogP contribution in [0.25, 0.3) is 16.5 Å². The molecule has 35 heavy (non-hydrogen) atoms. The monoisotopic (exact) mass is 495 g/mol. The van der Waals surface area contributed by atoms with Gasteiger partial charge in [0.15, 0.2) is 5.82 Å². The predicted octanol–water partition coefficient (Wildman–Crippen LogP) is 3.60. The molecule has 1 amide bonds. The van der Waals surface area contributed by atoms with Gasteiger partial charge in [-0.25, -0.2) is 9.78 Å². The number of anilines is 1. The Hall–Kier alpha value is -4.36. The van der Waals surface area contributed by atoms with E-state index in [4.69, 9.17) is 16.3 Å². The Morgan fingerprint density at radius 2 is 2.00 bits per heavy atom. The number of methoxy groups -OCH3 is 1. The van der Waals surface area contributed by atoms with E-state index in [0.717, 1.165) is 0 Å². The molecule has 180 valence electrons. The van der Waals surface area contributed by atoms with E-state index >= 15 is 0 Å². The normalized spacial score (nSPS) is 11.2. The van der Waals surface area contributed by atoms with Gasteiger partial charge in [-0.15, -0.1) is 0 Å². The number of hydrogen-bond donors (Lipinski definition) is 3. The van der Waals surface area contributed by atoms with Crippen LogP contribution in [0.2, 0.25) is 5.02 Å². The predicted molar refractivity (Wildman–Crippen MR) is 131 cm³/mol. The van der Waals surface area contributed by atoms with Crippen LogP contribution in [0, 0.1) is 11.3 Å². The number of H-pyrrole nitrogens is 1. The Bertz CT molecular complexity index is 1360. The number of allylic oxidation sites excluding steroid dienone is 2. The fourth-order valence-corrected chi connectivity index (χ4v) is 3.35. The largest absolute Gasteiger partial charge is 0.468 e. The third-order valence-electron chi connectivity index (χ3n) is 4.81. The van der Waals surface area contributed by atoms with Crippen LogP contribution in [0.15, 0.2) is 59.0 Å². The van der Waals surface area contributed by atoms with Gasteiger partial charge in [-0.1, -0.05) is 29.8 Å². The summed E-state index contributed by atoms with van der Waals surface area (Å²) >= 11 is 5.90. The molecule has 3 aromatic rings. The second-order valence-electron chi connectivity index (χ2n) is 7.20. The highest BCUT2D eigenvalue weighted by atomic mass is 35.5. The van der Waals surface area contributed by atoms with Crippen LogP contribution in [-0.4, -0.2) is 42.3 Å². The summed E-state index contributed by atoms with van der Waals surface area (Å²) in [5.41, 5.74) is 0.912. The minimum atomic E-state index is -0.665. The van der Waals surface area contributed by atoms with Crippen LogP contribution >= 0.6 is 11.6 Å². The average molecular weight is 496 g/mol. The number of nitrogens with zero attached hydrogens (tertiary/aromatic N) is 2. The van der Waals surface area contributed by atoms with Crippen LogP contribution in [0.3, 0.4) is 0 Å². The van der Waals surface area contributed by atoms with Gasteiger partial charge in [0.05, 0.1) is 24.6 Å². The van der Waals surface area contributed by atoms with Crippen molar-refractivity contribution in [3.05, 3.63) is 75.4 Å². The van der Waals surface area contributed by atoms with E-state index < -0.39 is 17.6 Å². The maximum absolute atomic E-state index is 12.5. The second kappa shape index (κ2) is 12.2. The first-order valence-corrected chi connectivity index (χ1v) is 10.9. The summed E-state index contributed by atoms with van der Waals surface area (Å²) in [6, 6.07) is 15.4. The van der Waals surface area contributed by atoms with E-state index in [2.05, 4.69) is 25.3 Å². The second-order valence-corrected chi connectivity index (χ2v) is 7.64. The number of benzene rings is 2. The van der Waals surface area contributed by atoms with Crippen LogP contribution < -0.4 is 16.2 Å². The Morgan fingerprint density at radius 1 is 1.20 bits per heavy atom. The van der Waals surface area contributed by atoms with Crippen LogP contribution in [0.1, 0.15) is 18.7 Å². The first-order valence-electron chi connectivity index (χ1n) is 10.5. The lowest BCUT2D eigenvalue weighted by atomic mass is 10.1. The van der Waals surface area contributed by atoms with E-state index in [9.17, 15) is 19.6 Å². The number of fused-ring (bicyclic) bond motifs is 1. The molecule has 0 aliphatic heterocycles. The van der Waals surface area contributed by atoms with Crippen molar-refractivity contribution in [2.45, 2.75) is 12.8 Å². The van der Waals surface area contributed by atoms with Gasteiger partial charge >= 0.3 is 12.1 Å². The first kappa shape index (κ1) is 25.3. The Labute approximate surface area is 205 Å². The summed E-state index contributed by atoms with van der Waals surface area (Å²) in [6.07, 6.45) is -0.127. The molecule has 10 nitrogen and oxygen atoms in total. The summed E-state index contributed by atoms with van der Waals surface area (Å²) in [5.74, 6) is -0.486. The van der Waals surface area contributed by atoms with Crippen molar-refractivity contribution < 1.29 is 19.1 Å². The quantitative estimate of drug-likeness (QED) is 0.232. The zero-order chi connectivity index (χ0) is 25.2. The number of nitrogens with one attached hydrogen (secondary N) is 3. The van der Waals surface area contributed by atoms with Gasteiger partial charge < -0.3 is 19.8 Å². The zero-order valence-electron chi connectivity index (χ0n) is 18.8. The lowest BCUT2D eigenvalue weighted by Gasteiger charge is -2.13. The van der Waals surface area contributed by atoms with Crippen molar-refractivity contribution in [1.82, 2.24) is 15.3 Å². The van der Waals surface area contributed by atoms with E-state index in [-0.39, 0.29) is 31.0 Å². The molecule has 0 spiro atoms. The minimum Gasteiger partial charge on any atom is -0.468 e. The van der Waals surface area contributed by atoms with Gasteiger partial charge in [0.25, 0.3) is 5.56 Å². The molecule has 2 aromatic carbocycles. The molecule has 0 aliphatic carbocycles. The molecule has 0 unspecified atom stereocenters. The molecule has 0 fully saturated rings. The Balaban J connectivity index is 1.74. The van der Waals surface area contributed by atoms with Crippen LogP contribution in [0.4, 0.5) is 10.5 Å². The van der Waals surface area contributed by atoms with Gasteiger partial charge in [0.1, 0.15) is 18.2 Å². The summed E-state index contributed by atoms with van der Waals surface area (Å²) in [6.45, 7) is -0.179. The summed E-state index contributed by atoms with van der Waals surface area (Å²) in [7, 11) is 1.24.